The van der Waals surface area contributed by atoms with Crippen molar-refractivity contribution in [3.05, 3.63) is 53.0 Å². The van der Waals surface area contributed by atoms with Crippen molar-refractivity contribution < 1.29 is 9.32 Å². The van der Waals surface area contributed by atoms with E-state index in [1.807, 2.05) is 18.3 Å². The number of fused-ring (bicyclic) bond motifs is 2. The fraction of sp³-hybridized carbons (Fsp3) is 0.333. The number of aromatic nitrogens is 2. The molecule has 23 heavy (non-hydrogen) atoms. The van der Waals surface area contributed by atoms with Crippen LogP contribution in [0.4, 0.5) is 0 Å². The molecule has 3 aromatic rings. The first kappa shape index (κ1) is 14.1. The molecule has 1 amide bonds. The lowest BCUT2D eigenvalue weighted by atomic mass is 9.96. The smallest absolute Gasteiger partial charge is 0.273 e. The van der Waals surface area contributed by atoms with Crippen LogP contribution in [0.15, 0.2) is 35.0 Å². The maximum absolute atomic E-state index is 12.3. The number of hydrogen-bond acceptors (Lipinski definition) is 3. The van der Waals surface area contributed by atoms with Gasteiger partial charge in [0.25, 0.3) is 5.91 Å². The van der Waals surface area contributed by atoms with Gasteiger partial charge < -0.3 is 14.8 Å². The zero-order valence-corrected chi connectivity index (χ0v) is 12.9. The van der Waals surface area contributed by atoms with E-state index in [1.165, 1.54) is 10.9 Å². The quantitative estimate of drug-likeness (QED) is 0.778. The molecule has 1 aliphatic carbocycles. The van der Waals surface area contributed by atoms with Crippen LogP contribution in [-0.2, 0) is 19.3 Å². The minimum Gasteiger partial charge on any atom is -0.361 e. The Morgan fingerprint density at radius 2 is 2.13 bits per heavy atom. The molecule has 2 heterocycles. The van der Waals surface area contributed by atoms with E-state index in [0.717, 1.165) is 48.9 Å². The van der Waals surface area contributed by atoms with E-state index < -0.39 is 0 Å². The van der Waals surface area contributed by atoms with Gasteiger partial charge in [0.05, 0.1) is 0 Å². The van der Waals surface area contributed by atoms with Crippen molar-refractivity contribution in [1.29, 1.82) is 0 Å². The van der Waals surface area contributed by atoms with Gasteiger partial charge in [-0.15, -0.1) is 0 Å². The van der Waals surface area contributed by atoms with Gasteiger partial charge in [-0.1, -0.05) is 23.4 Å². The summed E-state index contributed by atoms with van der Waals surface area (Å²) >= 11 is 0. The number of rotatable bonds is 4. The number of carbonyl (C=O) groups excluding carboxylic acids is 1. The van der Waals surface area contributed by atoms with Crippen LogP contribution in [0.5, 0.6) is 0 Å². The first-order chi connectivity index (χ1) is 11.3. The predicted molar refractivity (Wildman–Crippen MR) is 87.5 cm³/mol. The molecule has 5 heteroatoms. The monoisotopic (exact) mass is 309 g/mol. The summed E-state index contributed by atoms with van der Waals surface area (Å²) in [7, 11) is 0. The summed E-state index contributed by atoms with van der Waals surface area (Å²) in [4.78, 5) is 15.6. The molecule has 0 fully saturated rings. The second kappa shape index (κ2) is 5.91. The second-order valence-electron chi connectivity index (χ2n) is 6.01. The fourth-order valence-electron chi connectivity index (χ4n) is 3.30. The average molecular weight is 309 g/mol. The zero-order valence-electron chi connectivity index (χ0n) is 12.9. The highest BCUT2D eigenvalue weighted by molar-refractivity contribution is 5.94. The van der Waals surface area contributed by atoms with Crippen LogP contribution in [0, 0.1) is 0 Å². The number of aromatic amines is 1. The lowest BCUT2D eigenvalue weighted by molar-refractivity contribution is 0.0944. The third kappa shape index (κ3) is 2.63. The standard InChI is InChI=1S/C18H19N3O2/c22-18(17-14-6-2-4-8-16(14)23-21-17)19-10-9-12-11-20-15-7-3-1-5-13(12)15/h1,3,5,7,11,20H,2,4,6,8-10H2,(H,19,22). The highest BCUT2D eigenvalue weighted by Crippen LogP contribution is 2.24. The number of benzene rings is 1. The van der Waals surface area contributed by atoms with E-state index in [2.05, 4.69) is 27.6 Å². The third-order valence-corrected chi connectivity index (χ3v) is 4.52. The first-order valence-corrected chi connectivity index (χ1v) is 8.13. The molecule has 0 bridgehead atoms. The summed E-state index contributed by atoms with van der Waals surface area (Å²) in [5.41, 5.74) is 3.81. The van der Waals surface area contributed by atoms with Crippen molar-refractivity contribution in [1.82, 2.24) is 15.5 Å². The van der Waals surface area contributed by atoms with Gasteiger partial charge in [0.1, 0.15) is 5.76 Å². The SMILES string of the molecule is O=C(NCCc1c[nH]c2ccccc12)c1noc2c1CCCC2. The molecular weight excluding hydrogens is 290 g/mol. The van der Waals surface area contributed by atoms with E-state index in [0.29, 0.717) is 12.2 Å². The van der Waals surface area contributed by atoms with Crippen molar-refractivity contribution >= 4 is 16.8 Å². The molecule has 0 radical (unpaired) electrons. The molecular formula is C18H19N3O2. The maximum atomic E-state index is 12.3. The number of aryl methyl sites for hydroxylation is 1. The fourth-order valence-corrected chi connectivity index (χ4v) is 3.30. The molecule has 2 aromatic heterocycles. The van der Waals surface area contributed by atoms with Crippen LogP contribution in [0.1, 0.15) is 40.2 Å². The van der Waals surface area contributed by atoms with E-state index in [-0.39, 0.29) is 5.91 Å². The summed E-state index contributed by atoms with van der Waals surface area (Å²) in [5.74, 6) is 0.759. The summed E-state index contributed by atoms with van der Waals surface area (Å²) in [5, 5.41) is 8.14. The summed E-state index contributed by atoms with van der Waals surface area (Å²) in [6.07, 6.45) is 6.80. The van der Waals surface area contributed by atoms with Gasteiger partial charge >= 0.3 is 0 Å². The molecule has 1 aromatic carbocycles. The Balaban J connectivity index is 1.41. The van der Waals surface area contributed by atoms with Crippen LogP contribution < -0.4 is 5.32 Å². The van der Waals surface area contributed by atoms with Gasteiger partial charge in [-0.05, 0) is 37.3 Å². The highest BCUT2D eigenvalue weighted by Gasteiger charge is 2.23. The van der Waals surface area contributed by atoms with Crippen LogP contribution in [0.3, 0.4) is 0 Å². The Hall–Kier alpha value is -2.56. The van der Waals surface area contributed by atoms with Crippen molar-refractivity contribution in [2.24, 2.45) is 0 Å². The normalized spacial score (nSPS) is 13.9. The number of H-pyrrole nitrogens is 1. The minimum atomic E-state index is -0.128. The molecule has 1 aliphatic rings. The molecule has 0 atom stereocenters. The summed E-state index contributed by atoms with van der Waals surface area (Å²) < 4.78 is 5.30. The molecule has 2 N–H and O–H groups in total. The van der Waals surface area contributed by atoms with E-state index in [4.69, 9.17) is 4.52 Å². The number of amides is 1. The summed E-state index contributed by atoms with van der Waals surface area (Å²) in [6.45, 7) is 0.586. The lowest BCUT2D eigenvalue weighted by Crippen LogP contribution is -2.27. The number of hydrogen-bond donors (Lipinski definition) is 2. The number of para-hydroxylation sites is 1. The molecule has 0 aliphatic heterocycles. The van der Waals surface area contributed by atoms with Crippen LogP contribution in [0.2, 0.25) is 0 Å². The molecule has 5 nitrogen and oxygen atoms in total. The average Bonchev–Trinajstić information content (AvgIpc) is 3.19. The van der Waals surface area contributed by atoms with Crippen molar-refractivity contribution in [3.63, 3.8) is 0 Å². The first-order valence-electron chi connectivity index (χ1n) is 8.13. The predicted octanol–water partition coefficient (Wildman–Crippen LogP) is 3.01. The molecule has 0 spiro atoms. The van der Waals surface area contributed by atoms with Gasteiger partial charge in [0.2, 0.25) is 0 Å². The molecule has 0 saturated carbocycles. The highest BCUT2D eigenvalue weighted by atomic mass is 16.5. The van der Waals surface area contributed by atoms with E-state index >= 15 is 0 Å². The molecule has 118 valence electrons. The van der Waals surface area contributed by atoms with Crippen molar-refractivity contribution in [2.45, 2.75) is 32.1 Å². The van der Waals surface area contributed by atoms with E-state index in [9.17, 15) is 4.79 Å². The van der Waals surface area contributed by atoms with Crippen LogP contribution in [-0.4, -0.2) is 22.6 Å². The Morgan fingerprint density at radius 3 is 3.09 bits per heavy atom. The summed E-state index contributed by atoms with van der Waals surface area (Å²) in [6, 6.07) is 8.19. The minimum absolute atomic E-state index is 0.128. The Morgan fingerprint density at radius 1 is 1.26 bits per heavy atom. The van der Waals surface area contributed by atoms with E-state index in [1.54, 1.807) is 0 Å². The molecule has 0 saturated heterocycles. The van der Waals surface area contributed by atoms with Gasteiger partial charge in [0.15, 0.2) is 5.69 Å². The Labute approximate surface area is 134 Å². The maximum Gasteiger partial charge on any atom is 0.273 e. The van der Waals surface area contributed by atoms with Gasteiger partial charge in [-0.25, -0.2) is 0 Å². The van der Waals surface area contributed by atoms with Crippen LogP contribution >= 0.6 is 0 Å². The second-order valence-corrected chi connectivity index (χ2v) is 6.01. The molecule has 0 unspecified atom stereocenters. The van der Waals surface area contributed by atoms with Crippen molar-refractivity contribution in [2.75, 3.05) is 6.54 Å². The van der Waals surface area contributed by atoms with Crippen molar-refractivity contribution in [3.8, 4) is 0 Å². The third-order valence-electron chi connectivity index (χ3n) is 4.52. The van der Waals surface area contributed by atoms with Crippen LogP contribution in [0.25, 0.3) is 10.9 Å². The largest absolute Gasteiger partial charge is 0.361 e. The van der Waals surface area contributed by atoms with Gasteiger partial charge in [-0.3, -0.25) is 4.79 Å². The van der Waals surface area contributed by atoms with Gasteiger partial charge in [-0.2, -0.15) is 0 Å². The van der Waals surface area contributed by atoms with Gasteiger partial charge in [0, 0.05) is 35.6 Å². The number of nitrogens with one attached hydrogen (secondary N) is 2. The Kier molecular flexibility index (Phi) is 3.61. The Bertz CT molecular complexity index is 847. The number of carbonyl (C=O) groups is 1. The lowest BCUT2D eigenvalue weighted by Gasteiger charge is -2.09. The number of nitrogens with zero attached hydrogens (tertiary/aromatic N) is 1. The molecule has 4 rings (SSSR count). The zero-order chi connectivity index (χ0) is 15.6. The topological polar surface area (TPSA) is 70.9 Å².